The second-order valence-electron chi connectivity index (χ2n) is 5.75. The molecule has 0 bridgehead atoms. The molecule has 1 N–H and O–H groups in total. The molecule has 1 heterocycles. The molecule has 0 aliphatic rings. The van der Waals surface area contributed by atoms with Gasteiger partial charge in [0.15, 0.2) is 0 Å². The molecule has 20 heavy (non-hydrogen) atoms. The monoisotopic (exact) mass is 310 g/mol. The van der Waals surface area contributed by atoms with E-state index in [0.29, 0.717) is 22.3 Å². The maximum Gasteiger partial charge on any atom is 0.251 e. The molecule has 1 aromatic heterocycles. The van der Waals surface area contributed by atoms with Gasteiger partial charge in [0.25, 0.3) is 5.56 Å². The first-order valence-electron chi connectivity index (χ1n) is 6.30. The lowest BCUT2D eigenvalue weighted by Gasteiger charge is -2.17. The van der Waals surface area contributed by atoms with Gasteiger partial charge < -0.3 is 4.98 Å². The zero-order valence-corrected chi connectivity index (χ0v) is 13.1. The summed E-state index contributed by atoms with van der Waals surface area (Å²) in [6, 6.07) is 6.94. The molecule has 2 aromatic rings. The average molecular weight is 311 g/mol. The van der Waals surface area contributed by atoms with E-state index in [1.807, 2.05) is 26.8 Å². The highest BCUT2D eigenvalue weighted by Gasteiger charge is 2.17. The van der Waals surface area contributed by atoms with E-state index < -0.39 is 0 Å². The van der Waals surface area contributed by atoms with Crippen LogP contribution in [0.4, 0.5) is 0 Å². The van der Waals surface area contributed by atoms with Gasteiger partial charge >= 0.3 is 0 Å². The number of hydrogen-bond donors (Lipinski definition) is 1. The van der Waals surface area contributed by atoms with Gasteiger partial charge in [-0.05, 0) is 17.7 Å². The number of H-pyrrole nitrogens is 1. The van der Waals surface area contributed by atoms with E-state index in [1.54, 1.807) is 18.2 Å². The number of nitrogens with zero attached hydrogens (tertiary/aromatic N) is 1. The molecule has 0 unspecified atom stereocenters. The summed E-state index contributed by atoms with van der Waals surface area (Å²) in [5.74, 6) is 0.626. The van der Waals surface area contributed by atoms with E-state index >= 15 is 0 Å². The third-order valence-corrected chi connectivity index (χ3v) is 3.65. The van der Waals surface area contributed by atoms with E-state index in [1.165, 1.54) is 0 Å². The average Bonchev–Trinajstić information content (AvgIpc) is 2.32. The number of halogens is 2. The van der Waals surface area contributed by atoms with Crippen LogP contribution in [0.3, 0.4) is 0 Å². The van der Waals surface area contributed by atoms with Crippen molar-refractivity contribution in [3.8, 4) is 0 Å². The lowest BCUT2D eigenvalue weighted by Crippen LogP contribution is -2.21. The Morgan fingerprint density at radius 2 is 1.85 bits per heavy atom. The van der Waals surface area contributed by atoms with Crippen molar-refractivity contribution in [3.63, 3.8) is 0 Å². The summed E-state index contributed by atoms with van der Waals surface area (Å²) in [5, 5.41) is 1.01. The predicted molar refractivity (Wildman–Crippen MR) is 82.8 cm³/mol. The van der Waals surface area contributed by atoms with Crippen LogP contribution in [0.2, 0.25) is 10.0 Å². The van der Waals surface area contributed by atoms with Gasteiger partial charge in [-0.25, -0.2) is 4.98 Å². The molecule has 0 aliphatic carbocycles. The van der Waals surface area contributed by atoms with Gasteiger partial charge in [-0.2, -0.15) is 0 Å². The SMILES string of the molecule is CC(C)(C)c1cc(=O)[nH]c(Cc2ccc(Cl)c(Cl)c2)n1. The van der Waals surface area contributed by atoms with Crippen LogP contribution >= 0.6 is 23.2 Å². The Labute approximate surface area is 128 Å². The number of benzene rings is 1. The molecule has 5 heteroatoms. The summed E-state index contributed by atoms with van der Waals surface area (Å²) >= 11 is 11.9. The third-order valence-electron chi connectivity index (χ3n) is 2.91. The van der Waals surface area contributed by atoms with Crippen molar-refractivity contribution in [2.45, 2.75) is 32.6 Å². The number of rotatable bonds is 2. The van der Waals surface area contributed by atoms with Crippen molar-refractivity contribution in [2.24, 2.45) is 0 Å². The maximum absolute atomic E-state index is 11.7. The van der Waals surface area contributed by atoms with E-state index in [9.17, 15) is 4.79 Å². The molecule has 0 aliphatic heterocycles. The highest BCUT2D eigenvalue weighted by Crippen LogP contribution is 2.24. The normalized spacial score (nSPS) is 11.7. The van der Waals surface area contributed by atoms with Gasteiger partial charge in [0.05, 0.1) is 15.7 Å². The molecular formula is C15H16Cl2N2O. The van der Waals surface area contributed by atoms with Crippen LogP contribution in [-0.4, -0.2) is 9.97 Å². The minimum absolute atomic E-state index is 0.139. The summed E-state index contributed by atoms with van der Waals surface area (Å²) in [7, 11) is 0. The first-order valence-corrected chi connectivity index (χ1v) is 7.06. The molecule has 0 saturated carbocycles. The zero-order valence-electron chi connectivity index (χ0n) is 11.6. The number of hydrogen-bond acceptors (Lipinski definition) is 2. The van der Waals surface area contributed by atoms with E-state index in [2.05, 4.69) is 9.97 Å². The first-order chi connectivity index (χ1) is 9.25. The fraction of sp³-hybridized carbons (Fsp3) is 0.333. The summed E-state index contributed by atoms with van der Waals surface area (Å²) < 4.78 is 0. The highest BCUT2D eigenvalue weighted by atomic mass is 35.5. The standard InChI is InChI=1S/C15H16Cl2N2O/c1-15(2,3)12-8-14(20)19-13(18-12)7-9-4-5-10(16)11(17)6-9/h4-6,8H,7H2,1-3H3,(H,18,19,20). The Bertz CT molecular complexity index is 687. The van der Waals surface area contributed by atoms with Crippen LogP contribution in [0.15, 0.2) is 29.1 Å². The molecule has 3 nitrogen and oxygen atoms in total. The first kappa shape index (κ1) is 15.1. The van der Waals surface area contributed by atoms with Gasteiger partial charge in [-0.3, -0.25) is 4.79 Å². The van der Waals surface area contributed by atoms with Crippen molar-refractivity contribution in [1.82, 2.24) is 9.97 Å². The largest absolute Gasteiger partial charge is 0.310 e. The fourth-order valence-corrected chi connectivity index (χ4v) is 2.14. The van der Waals surface area contributed by atoms with Crippen LogP contribution in [0.1, 0.15) is 37.9 Å². The quantitative estimate of drug-likeness (QED) is 0.912. The maximum atomic E-state index is 11.7. The number of aromatic nitrogens is 2. The summed E-state index contributed by atoms with van der Waals surface area (Å²) in [5.41, 5.74) is 1.42. The number of nitrogens with one attached hydrogen (secondary N) is 1. The Morgan fingerprint density at radius 1 is 1.15 bits per heavy atom. The molecule has 106 valence electrons. The second kappa shape index (κ2) is 5.58. The lowest BCUT2D eigenvalue weighted by molar-refractivity contribution is 0.561. The smallest absolute Gasteiger partial charge is 0.251 e. The van der Waals surface area contributed by atoms with Crippen molar-refractivity contribution in [2.75, 3.05) is 0 Å². The molecule has 1 aromatic carbocycles. The third kappa shape index (κ3) is 3.62. The van der Waals surface area contributed by atoms with Crippen LogP contribution in [0, 0.1) is 0 Å². The Hall–Kier alpha value is -1.32. The van der Waals surface area contributed by atoms with E-state index in [0.717, 1.165) is 11.3 Å². The van der Waals surface area contributed by atoms with Crippen LogP contribution < -0.4 is 5.56 Å². The van der Waals surface area contributed by atoms with Gasteiger partial charge in [0.2, 0.25) is 0 Å². The van der Waals surface area contributed by atoms with E-state index in [4.69, 9.17) is 23.2 Å². The highest BCUT2D eigenvalue weighted by molar-refractivity contribution is 6.42. The van der Waals surface area contributed by atoms with Crippen LogP contribution in [-0.2, 0) is 11.8 Å². The van der Waals surface area contributed by atoms with Gasteiger partial charge in [0.1, 0.15) is 5.82 Å². The molecule has 0 amide bonds. The molecule has 0 fully saturated rings. The van der Waals surface area contributed by atoms with Gasteiger partial charge in [0, 0.05) is 17.9 Å². The topological polar surface area (TPSA) is 45.8 Å². The van der Waals surface area contributed by atoms with Crippen molar-refractivity contribution in [3.05, 3.63) is 61.7 Å². The van der Waals surface area contributed by atoms with Crippen LogP contribution in [0.25, 0.3) is 0 Å². The minimum atomic E-state index is -0.166. The molecule has 0 spiro atoms. The summed E-state index contributed by atoms with van der Waals surface area (Å²) in [6.45, 7) is 6.08. The molecule has 0 radical (unpaired) electrons. The Kier molecular flexibility index (Phi) is 4.21. The Morgan fingerprint density at radius 3 is 2.45 bits per heavy atom. The number of aromatic amines is 1. The summed E-state index contributed by atoms with van der Waals surface area (Å²) in [4.78, 5) is 19.0. The molecule has 2 rings (SSSR count). The Balaban J connectivity index is 2.36. The van der Waals surface area contributed by atoms with Gasteiger partial charge in [-0.1, -0.05) is 50.0 Å². The zero-order chi connectivity index (χ0) is 14.9. The molecular weight excluding hydrogens is 295 g/mol. The van der Waals surface area contributed by atoms with Gasteiger partial charge in [-0.15, -0.1) is 0 Å². The summed E-state index contributed by atoms with van der Waals surface area (Å²) in [6.07, 6.45) is 0.510. The molecule has 0 saturated heterocycles. The van der Waals surface area contributed by atoms with Crippen molar-refractivity contribution >= 4 is 23.2 Å². The predicted octanol–water partition coefficient (Wildman–Crippen LogP) is 3.97. The lowest BCUT2D eigenvalue weighted by atomic mass is 9.92. The van der Waals surface area contributed by atoms with Crippen LogP contribution in [0.5, 0.6) is 0 Å². The van der Waals surface area contributed by atoms with E-state index in [-0.39, 0.29) is 11.0 Å². The minimum Gasteiger partial charge on any atom is -0.310 e. The fourth-order valence-electron chi connectivity index (χ4n) is 1.82. The molecule has 0 atom stereocenters. The second-order valence-corrected chi connectivity index (χ2v) is 6.57. The van der Waals surface area contributed by atoms with Crippen molar-refractivity contribution in [1.29, 1.82) is 0 Å². The van der Waals surface area contributed by atoms with Crippen molar-refractivity contribution < 1.29 is 0 Å².